The molecule has 1 aromatic carbocycles. The number of halogens is 1. The molecule has 3 rings (SSSR count). The van der Waals surface area contributed by atoms with Gasteiger partial charge in [-0.1, -0.05) is 23.7 Å². The summed E-state index contributed by atoms with van der Waals surface area (Å²) in [6, 6.07) is 7.04. The van der Waals surface area contributed by atoms with Crippen molar-refractivity contribution in [2.75, 3.05) is 38.0 Å². The Hall–Kier alpha value is -1.64. The van der Waals surface area contributed by atoms with Gasteiger partial charge in [-0.05, 0) is 18.2 Å². The first-order valence-electron chi connectivity index (χ1n) is 8.07. The van der Waals surface area contributed by atoms with Crippen LogP contribution in [-0.4, -0.2) is 60.6 Å². The molecule has 2 atom stereocenters. The Morgan fingerprint density at radius 2 is 2.12 bits per heavy atom. The predicted molar refractivity (Wildman–Crippen MR) is 95.3 cm³/mol. The van der Waals surface area contributed by atoms with Crippen LogP contribution >= 0.6 is 11.6 Å². The average molecular weight is 351 g/mol. The lowest BCUT2D eigenvalue weighted by atomic mass is 10.1. The molecule has 8 heteroatoms. The second-order valence-corrected chi connectivity index (χ2v) is 6.37. The highest BCUT2D eigenvalue weighted by Crippen LogP contribution is 2.17. The summed E-state index contributed by atoms with van der Waals surface area (Å²) in [5, 5.41) is 3.94. The van der Waals surface area contributed by atoms with Crippen molar-refractivity contribution in [1.82, 2.24) is 26.2 Å². The number of carbonyl (C=O) groups is 1. The number of carbonyl (C=O) groups excluding carboxylic acids is 1. The number of hydrazine groups is 2. The fourth-order valence-electron chi connectivity index (χ4n) is 2.98. The first-order valence-corrected chi connectivity index (χ1v) is 8.45. The van der Waals surface area contributed by atoms with E-state index in [9.17, 15) is 4.79 Å². The molecule has 0 spiro atoms. The van der Waals surface area contributed by atoms with Gasteiger partial charge in [0, 0.05) is 43.4 Å². The zero-order valence-corrected chi connectivity index (χ0v) is 14.2. The van der Waals surface area contributed by atoms with E-state index in [1.165, 1.54) is 0 Å². The minimum absolute atomic E-state index is 0.0743. The lowest BCUT2D eigenvalue weighted by molar-refractivity contribution is -0.135. The summed E-state index contributed by atoms with van der Waals surface area (Å²) in [6.45, 7) is 7.84. The van der Waals surface area contributed by atoms with Crippen LogP contribution in [0.15, 0.2) is 36.9 Å². The highest BCUT2D eigenvalue weighted by Gasteiger charge is 2.36. The van der Waals surface area contributed by atoms with E-state index in [0.29, 0.717) is 5.02 Å². The van der Waals surface area contributed by atoms with Gasteiger partial charge < -0.3 is 10.2 Å². The Balaban J connectivity index is 1.59. The summed E-state index contributed by atoms with van der Waals surface area (Å²) >= 11 is 6.01. The summed E-state index contributed by atoms with van der Waals surface area (Å²) in [4.78, 5) is 17.0. The largest absolute Gasteiger partial charge is 0.367 e. The van der Waals surface area contributed by atoms with Gasteiger partial charge in [-0.3, -0.25) is 9.69 Å². The van der Waals surface area contributed by atoms with E-state index >= 15 is 0 Å². The number of hydrogen-bond donors (Lipinski definition) is 4. The molecule has 2 saturated heterocycles. The van der Waals surface area contributed by atoms with Crippen molar-refractivity contribution in [3.63, 3.8) is 0 Å². The monoisotopic (exact) mass is 350 g/mol. The quantitative estimate of drug-likeness (QED) is 0.576. The molecule has 0 bridgehead atoms. The summed E-state index contributed by atoms with van der Waals surface area (Å²) in [5.41, 5.74) is 9.73. The molecule has 0 aromatic heterocycles. The van der Waals surface area contributed by atoms with Crippen molar-refractivity contribution < 1.29 is 4.79 Å². The molecule has 2 aliphatic heterocycles. The molecule has 0 aliphatic carbocycles. The second-order valence-electron chi connectivity index (χ2n) is 5.94. The smallest absolute Gasteiger partial charge is 0.244 e. The number of anilines is 1. The molecule has 24 heavy (non-hydrogen) atoms. The number of piperazine rings is 1. The first kappa shape index (κ1) is 17.2. The van der Waals surface area contributed by atoms with Crippen LogP contribution in [0, 0.1) is 0 Å². The molecule has 0 radical (unpaired) electrons. The lowest BCUT2D eigenvalue weighted by Gasteiger charge is -2.36. The zero-order valence-electron chi connectivity index (χ0n) is 13.5. The number of rotatable bonds is 5. The summed E-state index contributed by atoms with van der Waals surface area (Å²) < 4.78 is 0. The van der Waals surface area contributed by atoms with Crippen LogP contribution in [-0.2, 0) is 4.79 Å². The van der Waals surface area contributed by atoms with Crippen LogP contribution in [0.3, 0.4) is 0 Å². The minimum Gasteiger partial charge on any atom is -0.367 e. The highest BCUT2D eigenvalue weighted by molar-refractivity contribution is 6.30. The molecule has 1 aromatic rings. The molecule has 4 N–H and O–H groups in total. The van der Waals surface area contributed by atoms with Gasteiger partial charge in [-0.2, -0.15) is 5.53 Å². The van der Waals surface area contributed by atoms with E-state index in [-0.39, 0.29) is 12.1 Å². The standard InChI is InChI=1S/C16H23ClN6O/c1-2-6-22-7-9-23(10-8-22)16(24)14-15(20-21-19-14)18-13-5-3-4-12(17)11-13/h2-5,11,14-15,18-21H,1,6-10H2. The number of hydrogen-bond acceptors (Lipinski definition) is 6. The number of benzene rings is 1. The van der Waals surface area contributed by atoms with Crippen molar-refractivity contribution in [1.29, 1.82) is 0 Å². The van der Waals surface area contributed by atoms with Crippen molar-refractivity contribution in [2.24, 2.45) is 0 Å². The maximum atomic E-state index is 12.8. The lowest BCUT2D eigenvalue weighted by Crippen LogP contribution is -2.56. The summed E-state index contributed by atoms with van der Waals surface area (Å²) in [6.07, 6.45) is 1.64. The topological polar surface area (TPSA) is 71.7 Å². The fraction of sp³-hybridized carbons (Fsp3) is 0.438. The summed E-state index contributed by atoms with van der Waals surface area (Å²) in [5.74, 6) is 0.0743. The molecule has 1 amide bonds. The Kier molecular flexibility index (Phi) is 5.70. The Morgan fingerprint density at radius 1 is 1.33 bits per heavy atom. The van der Waals surface area contributed by atoms with Crippen LogP contribution in [0.25, 0.3) is 0 Å². The Morgan fingerprint density at radius 3 is 2.83 bits per heavy atom. The van der Waals surface area contributed by atoms with Crippen LogP contribution < -0.4 is 21.7 Å². The van der Waals surface area contributed by atoms with Crippen molar-refractivity contribution in [3.05, 3.63) is 41.9 Å². The van der Waals surface area contributed by atoms with Crippen LogP contribution in [0.5, 0.6) is 0 Å². The SMILES string of the molecule is C=CCN1CCN(C(=O)C2NNNC2Nc2cccc(Cl)c2)CC1. The summed E-state index contributed by atoms with van der Waals surface area (Å²) in [7, 11) is 0. The second kappa shape index (κ2) is 7.96. The van der Waals surface area contributed by atoms with Gasteiger partial charge in [0.25, 0.3) is 0 Å². The molecule has 2 unspecified atom stereocenters. The van der Waals surface area contributed by atoms with E-state index in [0.717, 1.165) is 38.4 Å². The highest BCUT2D eigenvalue weighted by atomic mass is 35.5. The van der Waals surface area contributed by atoms with Gasteiger partial charge in [0.05, 0.1) is 0 Å². The van der Waals surface area contributed by atoms with Crippen molar-refractivity contribution in [3.8, 4) is 0 Å². The van der Waals surface area contributed by atoms with Gasteiger partial charge >= 0.3 is 0 Å². The fourth-order valence-corrected chi connectivity index (χ4v) is 3.17. The van der Waals surface area contributed by atoms with E-state index in [1.807, 2.05) is 35.2 Å². The molecule has 0 saturated carbocycles. The number of amides is 1. The molecule has 2 heterocycles. The maximum Gasteiger partial charge on any atom is 0.244 e. The first-order chi connectivity index (χ1) is 11.7. The molecular weight excluding hydrogens is 328 g/mol. The van der Waals surface area contributed by atoms with E-state index in [1.54, 1.807) is 0 Å². The average Bonchev–Trinajstić information content (AvgIpc) is 3.03. The molecule has 2 fully saturated rings. The Bertz CT molecular complexity index is 590. The normalized spacial score (nSPS) is 24.8. The van der Waals surface area contributed by atoms with Crippen molar-refractivity contribution in [2.45, 2.75) is 12.2 Å². The van der Waals surface area contributed by atoms with Crippen molar-refractivity contribution >= 4 is 23.2 Å². The number of nitrogens with one attached hydrogen (secondary N) is 4. The van der Waals surface area contributed by atoms with Gasteiger partial charge in [0.15, 0.2) is 0 Å². The Labute approximate surface area is 147 Å². The molecule has 2 aliphatic rings. The number of nitrogens with zero attached hydrogens (tertiary/aromatic N) is 2. The molecule has 130 valence electrons. The zero-order chi connectivity index (χ0) is 16.9. The molecule has 7 nitrogen and oxygen atoms in total. The third-order valence-corrected chi connectivity index (χ3v) is 4.51. The minimum atomic E-state index is -0.394. The van der Waals surface area contributed by atoms with Crippen LogP contribution in [0.1, 0.15) is 0 Å². The van der Waals surface area contributed by atoms with E-state index < -0.39 is 6.04 Å². The van der Waals surface area contributed by atoms with Gasteiger partial charge in [0.1, 0.15) is 12.2 Å². The third kappa shape index (κ3) is 4.06. The van der Waals surface area contributed by atoms with E-state index in [2.05, 4.69) is 33.2 Å². The third-order valence-electron chi connectivity index (χ3n) is 4.27. The van der Waals surface area contributed by atoms with Gasteiger partial charge in [0.2, 0.25) is 5.91 Å². The van der Waals surface area contributed by atoms with Gasteiger partial charge in [-0.15, -0.1) is 6.58 Å². The van der Waals surface area contributed by atoms with Crippen LogP contribution in [0.2, 0.25) is 5.02 Å². The van der Waals surface area contributed by atoms with Gasteiger partial charge in [-0.25, -0.2) is 10.9 Å². The molecular formula is C16H23ClN6O. The van der Waals surface area contributed by atoms with Crippen LogP contribution in [0.4, 0.5) is 5.69 Å². The maximum absolute atomic E-state index is 12.8. The van der Waals surface area contributed by atoms with E-state index in [4.69, 9.17) is 11.6 Å². The predicted octanol–water partition coefficient (Wildman–Crippen LogP) is 0.389.